The van der Waals surface area contributed by atoms with Crippen molar-refractivity contribution >= 4 is 21.9 Å². The summed E-state index contributed by atoms with van der Waals surface area (Å²) < 4.78 is 37.8. The quantitative estimate of drug-likeness (QED) is 0.650. The van der Waals surface area contributed by atoms with E-state index in [9.17, 15) is 18.0 Å². The highest BCUT2D eigenvalue weighted by Gasteiger charge is 2.31. The van der Waals surface area contributed by atoms with Crippen LogP contribution in [0.3, 0.4) is 0 Å². The van der Waals surface area contributed by atoms with Gasteiger partial charge in [0.15, 0.2) is 0 Å². The van der Waals surface area contributed by atoms with Crippen molar-refractivity contribution in [3.05, 3.63) is 24.3 Å². The van der Waals surface area contributed by atoms with Gasteiger partial charge in [0.1, 0.15) is 5.75 Å². The van der Waals surface area contributed by atoms with E-state index in [1.807, 2.05) is 6.92 Å². The fourth-order valence-electron chi connectivity index (χ4n) is 3.10. The number of esters is 1. The predicted molar refractivity (Wildman–Crippen MR) is 103 cm³/mol. The highest BCUT2D eigenvalue weighted by Crippen LogP contribution is 2.20. The summed E-state index contributed by atoms with van der Waals surface area (Å²) >= 11 is 0. The van der Waals surface area contributed by atoms with Gasteiger partial charge >= 0.3 is 5.97 Å². The minimum atomic E-state index is -3.83. The number of nitrogens with zero attached hydrogens (tertiary/aromatic N) is 1. The molecule has 1 amide bonds. The maximum Gasteiger partial charge on any atom is 0.309 e. The van der Waals surface area contributed by atoms with Crippen molar-refractivity contribution in [2.75, 3.05) is 26.3 Å². The van der Waals surface area contributed by atoms with Gasteiger partial charge in [-0.2, -0.15) is 4.72 Å². The molecule has 1 N–H and O–H groups in total. The third-order valence-electron chi connectivity index (χ3n) is 4.57. The van der Waals surface area contributed by atoms with Crippen LogP contribution in [0, 0.1) is 5.92 Å². The molecule has 0 radical (unpaired) electrons. The number of piperidine rings is 1. The molecule has 1 atom stereocenters. The highest BCUT2D eigenvalue weighted by molar-refractivity contribution is 7.89. The second-order valence-electron chi connectivity index (χ2n) is 6.60. The minimum absolute atomic E-state index is 0.0663. The molecule has 1 aromatic carbocycles. The van der Waals surface area contributed by atoms with Crippen molar-refractivity contribution in [1.82, 2.24) is 9.62 Å². The zero-order valence-electron chi connectivity index (χ0n) is 16.5. The third-order valence-corrected chi connectivity index (χ3v) is 6.13. The molecule has 0 aliphatic carbocycles. The van der Waals surface area contributed by atoms with Crippen LogP contribution >= 0.6 is 0 Å². The van der Waals surface area contributed by atoms with Crippen molar-refractivity contribution in [1.29, 1.82) is 0 Å². The molecule has 0 spiro atoms. The first kappa shape index (κ1) is 22.2. The molecule has 8 nitrogen and oxygen atoms in total. The Bertz CT molecular complexity index is 770. The van der Waals surface area contributed by atoms with Crippen LogP contribution < -0.4 is 9.46 Å². The maximum atomic E-state index is 12.6. The van der Waals surface area contributed by atoms with Crippen molar-refractivity contribution in [3.63, 3.8) is 0 Å². The van der Waals surface area contributed by atoms with E-state index in [4.69, 9.17) is 9.47 Å². The fraction of sp³-hybridized carbons (Fsp3) is 0.579. The van der Waals surface area contributed by atoms with Gasteiger partial charge in [0.25, 0.3) is 0 Å². The van der Waals surface area contributed by atoms with Gasteiger partial charge in [0.05, 0.1) is 30.1 Å². The number of likely N-dealkylation sites (tertiary alicyclic amines) is 1. The van der Waals surface area contributed by atoms with Crippen LogP contribution in [0.15, 0.2) is 29.2 Å². The van der Waals surface area contributed by atoms with Crippen LogP contribution in [0.2, 0.25) is 0 Å². The normalized spacial score (nSPS) is 16.5. The molecule has 0 unspecified atom stereocenters. The van der Waals surface area contributed by atoms with Crippen LogP contribution in [0.1, 0.15) is 33.6 Å². The lowest BCUT2D eigenvalue weighted by atomic mass is 9.96. The predicted octanol–water partition coefficient (Wildman–Crippen LogP) is 1.55. The van der Waals surface area contributed by atoms with Gasteiger partial charge in [-0.15, -0.1) is 0 Å². The number of amides is 1. The van der Waals surface area contributed by atoms with Crippen LogP contribution in [0.5, 0.6) is 5.75 Å². The van der Waals surface area contributed by atoms with Gasteiger partial charge in [-0.3, -0.25) is 9.59 Å². The monoisotopic (exact) mass is 412 g/mol. The van der Waals surface area contributed by atoms with Gasteiger partial charge in [0.2, 0.25) is 15.9 Å². The standard InChI is InChI=1S/C19H28N2O6S/c1-4-26-16-6-8-17(9-7-16)28(24,25)20-14(3)18(22)21-12-10-15(11-13-21)19(23)27-5-2/h6-9,14-15,20H,4-5,10-13H2,1-3H3/t14-/m0/s1. The molecule has 1 heterocycles. The molecule has 1 aliphatic heterocycles. The number of rotatable bonds is 8. The van der Waals surface area contributed by atoms with Crippen LogP contribution in [-0.2, 0) is 24.3 Å². The summed E-state index contributed by atoms with van der Waals surface area (Å²) in [6.07, 6.45) is 1.03. The maximum absolute atomic E-state index is 12.6. The van der Waals surface area contributed by atoms with Crippen LogP contribution in [0.4, 0.5) is 0 Å². The van der Waals surface area contributed by atoms with Crippen molar-refractivity contribution in [2.45, 2.75) is 44.6 Å². The van der Waals surface area contributed by atoms with Crippen molar-refractivity contribution in [3.8, 4) is 5.75 Å². The molecule has 1 aromatic rings. The average molecular weight is 413 g/mol. The number of hydrogen-bond acceptors (Lipinski definition) is 6. The van der Waals surface area contributed by atoms with E-state index in [1.165, 1.54) is 19.1 Å². The average Bonchev–Trinajstić information content (AvgIpc) is 2.68. The zero-order valence-corrected chi connectivity index (χ0v) is 17.3. The van der Waals surface area contributed by atoms with Crippen molar-refractivity contribution < 1.29 is 27.5 Å². The molecule has 28 heavy (non-hydrogen) atoms. The summed E-state index contributed by atoms with van der Waals surface area (Å²) in [5.74, 6) is -0.175. The van der Waals surface area contributed by atoms with Crippen LogP contribution in [0.25, 0.3) is 0 Å². The van der Waals surface area contributed by atoms with E-state index in [-0.39, 0.29) is 22.7 Å². The second kappa shape index (κ2) is 9.88. The SMILES string of the molecule is CCOC(=O)C1CCN(C(=O)[C@H](C)NS(=O)(=O)c2ccc(OCC)cc2)CC1. The highest BCUT2D eigenvalue weighted by atomic mass is 32.2. The number of carbonyl (C=O) groups is 2. The largest absolute Gasteiger partial charge is 0.494 e. The van der Waals surface area contributed by atoms with Gasteiger partial charge in [-0.25, -0.2) is 8.42 Å². The second-order valence-corrected chi connectivity index (χ2v) is 8.31. The number of benzene rings is 1. The molecule has 2 rings (SSSR count). The molecular weight excluding hydrogens is 384 g/mol. The lowest BCUT2D eigenvalue weighted by Gasteiger charge is -2.32. The van der Waals surface area contributed by atoms with Gasteiger partial charge in [-0.1, -0.05) is 0 Å². The Kier molecular flexibility index (Phi) is 7.82. The first-order valence-corrected chi connectivity index (χ1v) is 11.0. The molecule has 1 saturated heterocycles. The summed E-state index contributed by atoms with van der Waals surface area (Å²) in [7, 11) is -3.83. The molecular formula is C19H28N2O6S. The lowest BCUT2D eigenvalue weighted by Crippen LogP contribution is -2.49. The summed E-state index contributed by atoms with van der Waals surface area (Å²) in [5.41, 5.74) is 0. The lowest BCUT2D eigenvalue weighted by molar-refractivity contribution is -0.151. The molecule has 9 heteroatoms. The first-order chi connectivity index (χ1) is 13.3. The number of sulfonamides is 1. The Morgan fingerprint density at radius 1 is 1.14 bits per heavy atom. The molecule has 1 fully saturated rings. The Morgan fingerprint density at radius 2 is 1.75 bits per heavy atom. The van der Waals surface area contributed by atoms with E-state index in [0.29, 0.717) is 44.9 Å². The van der Waals surface area contributed by atoms with Gasteiger partial charge < -0.3 is 14.4 Å². The van der Waals surface area contributed by atoms with Crippen LogP contribution in [-0.4, -0.2) is 57.5 Å². The summed E-state index contributed by atoms with van der Waals surface area (Å²) in [6.45, 7) is 6.75. The van der Waals surface area contributed by atoms with Crippen molar-refractivity contribution in [2.24, 2.45) is 5.92 Å². The van der Waals surface area contributed by atoms with E-state index >= 15 is 0 Å². The Balaban J connectivity index is 1.93. The zero-order chi connectivity index (χ0) is 20.7. The van der Waals surface area contributed by atoms with E-state index in [2.05, 4.69) is 4.72 Å². The Hall–Kier alpha value is -2.13. The van der Waals surface area contributed by atoms with Gasteiger partial charge in [-0.05, 0) is 57.9 Å². The summed E-state index contributed by atoms with van der Waals surface area (Å²) in [5, 5.41) is 0. The number of ether oxygens (including phenoxy) is 2. The summed E-state index contributed by atoms with van der Waals surface area (Å²) in [6, 6.07) is 5.12. The Labute approximate surface area is 166 Å². The molecule has 0 bridgehead atoms. The van der Waals surface area contributed by atoms with E-state index in [1.54, 1.807) is 24.0 Å². The summed E-state index contributed by atoms with van der Waals surface area (Å²) in [4.78, 5) is 26.1. The fourth-order valence-corrected chi connectivity index (χ4v) is 4.30. The number of hydrogen-bond donors (Lipinski definition) is 1. The van der Waals surface area contributed by atoms with Gasteiger partial charge in [0, 0.05) is 13.1 Å². The molecule has 156 valence electrons. The molecule has 0 aromatic heterocycles. The first-order valence-electron chi connectivity index (χ1n) is 9.49. The smallest absolute Gasteiger partial charge is 0.309 e. The minimum Gasteiger partial charge on any atom is -0.494 e. The number of carbonyl (C=O) groups excluding carboxylic acids is 2. The number of nitrogens with one attached hydrogen (secondary N) is 1. The topological polar surface area (TPSA) is 102 Å². The van der Waals surface area contributed by atoms with E-state index < -0.39 is 16.1 Å². The molecule has 0 saturated carbocycles. The third kappa shape index (κ3) is 5.68. The molecule has 1 aliphatic rings. The van der Waals surface area contributed by atoms with E-state index in [0.717, 1.165) is 0 Å². The Morgan fingerprint density at radius 3 is 2.29 bits per heavy atom.